The standard InChI is InChI=1S/C4H11BP.2CH4/c1-4-6(3)5-2;;/h4H2,1-3H3;2*1H4. The van der Waals surface area contributed by atoms with Gasteiger partial charge in [0, 0.05) is 0 Å². The van der Waals surface area contributed by atoms with Gasteiger partial charge < -0.3 is 0 Å². The summed E-state index contributed by atoms with van der Waals surface area (Å²) in [6.07, 6.45) is 1.34. The van der Waals surface area contributed by atoms with Crippen LogP contribution in [0.5, 0.6) is 0 Å². The fourth-order valence-electron chi connectivity index (χ4n) is 0.183. The van der Waals surface area contributed by atoms with Crippen LogP contribution in [0.25, 0.3) is 0 Å². The molecule has 0 saturated heterocycles. The van der Waals surface area contributed by atoms with E-state index in [-0.39, 0.29) is 14.9 Å². The van der Waals surface area contributed by atoms with Gasteiger partial charge in [-0.3, -0.25) is 0 Å². The molecule has 0 heterocycles. The molecular formula is C6H19BP. The lowest BCUT2D eigenvalue weighted by molar-refractivity contribution is 1.51. The van der Waals surface area contributed by atoms with Gasteiger partial charge >= 0.3 is 0 Å². The normalized spacial score (nSPS) is 10.4. The van der Waals surface area contributed by atoms with E-state index in [9.17, 15) is 0 Å². The fourth-order valence-corrected chi connectivity index (χ4v) is 0.548. The SMILES string of the molecule is C.C.C[B]P(C)CC. The highest BCUT2D eigenvalue weighted by molar-refractivity contribution is 7.85. The predicted molar refractivity (Wildman–Crippen MR) is 48.5 cm³/mol. The van der Waals surface area contributed by atoms with Gasteiger partial charge in [0.15, 0.2) is 0 Å². The Bertz CT molecular complexity index is 27.7. The minimum Gasteiger partial charge on any atom is -0.152 e. The molecule has 0 aromatic carbocycles. The van der Waals surface area contributed by atoms with Crippen molar-refractivity contribution < 1.29 is 0 Å². The average molecular weight is 133 g/mol. The first-order chi connectivity index (χ1) is 2.81. The van der Waals surface area contributed by atoms with Gasteiger partial charge in [0.2, 0.25) is 0 Å². The summed E-state index contributed by atoms with van der Waals surface area (Å²) in [4.78, 5) is 0. The van der Waals surface area contributed by atoms with Gasteiger partial charge in [-0.1, -0.05) is 35.3 Å². The third-order valence-corrected chi connectivity index (χ3v) is 2.82. The molecule has 0 aliphatic rings. The van der Waals surface area contributed by atoms with Crippen molar-refractivity contribution in [2.24, 2.45) is 0 Å². The molecule has 8 heavy (non-hydrogen) atoms. The van der Waals surface area contributed by atoms with Gasteiger partial charge in [0.1, 0.15) is 7.00 Å². The summed E-state index contributed by atoms with van der Waals surface area (Å²) in [5, 5.41) is 0. The number of hydrogen-bond donors (Lipinski definition) is 0. The first-order valence-corrected chi connectivity index (χ1v) is 4.35. The highest BCUT2D eigenvalue weighted by Gasteiger charge is 1.89. The summed E-state index contributed by atoms with van der Waals surface area (Å²) in [6, 6.07) is 0. The van der Waals surface area contributed by atoms with Crippen molar-refractivity contribution in [3.05, 3.63) is 0 Å². The highest BCUT2D eigenvalue weighted by atomic mass is 31.1. The Morgan fingerprint density at radius 3 is 1.75 bits per heavy atom. The van der Waals surface area contributed by atoms with Gasteiger partial charge in [-0.15, -0.1) is 0 Å². The van der Waals surface area contributed by atoms with Crippen LogP contribution in [-0.4, -0.2) is 19.8 Å². The van der Waals surface area contributed by atoms with Gasteiger partial charge in [0.25, 0.3) is 0 Å². The molecule has 0 fully saturated rings. The lowest BCUT2D eigenvalue weighted by Crippen LogP contribution is -1.79. The average Bonchev–Trinajstić information content (AvgIpc) is 1.65. The van der Waals surface area contributed by atoms with E-state index in [0.29, 0.717) is 7.80 Å². The maximum absolute atomic E-state index is 2.29. The van der Waals surface area contributed by atoms with E-state index in [2.05, 4.69) is 27.4 Å². The second-order valence-electron chi connectivity index (χ2n) is 1.33. The Kier molecular flexibility index (Phi) is 20.7. The van der Waals surface area contributed by atoms with E-state index in [0.717, 1.165) is 0 Å². The molecule has 0 spiro atoms. The Hall–Kier alpha value is 0.495. The van der Waals surface area contributed by atoms with Crippen molar-refractivity contribution in [1.29, 1.82) is 0 Å². The topological polar surface area (TPSA) is 0 Å². The zero-order valence-corrected chi connectivity index (χ0v) is 5.63. The van der Waals surface area contributed by atoms with Gasteiger partial charge in [-0.05, 0) is 6.16 Å². The Labute approximate surface area is 57.0 Å². The summed E-state index contributed by atoms with van der Waals surface area (Å²) < 4.78 is 0. The summed E-state index contributed by atoms with van der Waals surface area (Å²) in [5.41, 5.74) is 0. The van der Waals surface area contributed by atoms with Crippen LogP contribution in [0.15, 0.2) is 0 Å². The largest absolute Gasteiger partial charge is 0.152 e. The second-order valence-corrected chi connectivity index (χ2v) is 3.99. The van der Waals surface area contributed by atoms with Crippen LogP contribution in [0.1, 0.15) is 21.8 Å². The molecule has 0 saturated carbocycles. The van der Waals surface area contributed by atoms with Gasteiger partial charge in [-0.2, -0.15) is 7.80 Å². The maximum Gasteiger partial charge on any atom is 0.142 e. The van der Waals surface area contributed by atoms with Crippen molar-refractivity contribution in [3.63, 3.8) is 0 Å². The van der Waals surface area contributed by atoms with E-state index in [1.807, 2.05) is 0 Å². The molecule has 0 aliphatic carbocycles. The maximum atomic E-state index is 2.29. The summed E-state index contributed by atoms with van der Waals surface area (Å²) in [7, 11) is 0.299. The van der Waals surface area contributed by atoms with Crippen molar-refractivity contribution in [2.45, 2.75) is 28.6 Å². The molecule has 0 aromatic heterocycles. The van der Waals surface area contributed by atoms with E-state index >= 15 is 0 Å². The number of rotatable bonds is 2. The van der Waals surface area contributed by atoms with Crippen LogP contribution in [0.2, 0.25) is 6.82 Å². The van der Waals surface area contributed by atoms with Crippen molar-refractivity contribution >= 4 is 14.8 Å². The first kappa shape index (κ1) is 15.8. The summed E-state index contributed by atoms with van der Waals surface area (Å²) in [6.45, 7) is 8.94. The van der Waals surface area contributed by atoms with Crippen LogP contribution in [0, 0.1) is 0 Å². The van der Waals surface area contributed by atoms with Crippen LogP contribution in [0.3, 0.4) is 0 Å². The summed E-state index contributed by atoms with van der Waals surface area (Å²) in [5.74, 6) is 0. The molecule has 0 N–H and O–H groups in total. The lowest BCUT2D eigenvalue weighted by Gasteiger charge is -1.99. The van der Waals surface area contributed by atoms with E-state index < -0.39 is 0 Å². The smallest absolute Gasteiger partial charge is 0.142 e. The predicted octanol–water partition coefficient (Wildman–Crippen LogP) is 3.06. The van der Waals surface area contributed by atoms with Crippen LogP contribution in [-0.2, 0) is 0 Å². The molecule has 0 aromatic rings. The van der Waals surface area contributed by atoms with E-state index in [4.69, 9.17) is 0 Å². The zero-order chi connectivity index (χ0) is 4.99. The van der Waals surface area contributed by atoms with Crippen LogP contribution < -0.4 is 0 Å². The minimum absolute atomic E-state index is 0. The molecule has 2 heteroatoms. The van der Waals surface area contributed by atoms with Gasteiger partial charge in [0.05, 0.1) is 0 Å². The molecule has 1 unspecified atom stereocenters. The van der Waals surface area contributed by atoms with Crippen molar-refractivity contribution in [1.82, 2.24) is 0 Å². The molecule has 0 bridgehead atoms. The third-order valence-electron chi connectivity index (χ3n) is 0.940. The fraction of sp³-hybridized carbons (Fsp3) is 1.00. The van der Waals surface area contributed by atoms with Crippen molar-refractivity contribution in [3.8, 4) is 0 Å². The van der Waals surface area contributed by atoms with Gasteiger partial charge in [-0.25, -0.2) is 0 Å². The molecular weight excluding hydrogens is 114 g/mol. The van der Waals surface area contributed by atoms with E-state index in [1.54, 1.807) is 0 Å². The Balaban J connectivity index is -0.000000125. The first-order valence-electron chi connectivity index (χ1n) is 2.31. The zero-order valence-electron chi connectivity index (χ0n) is 4.73. The lowest BCUT2D eigenvalue weighted by atomic mass is 10.2. The summed E-state index contributed by atoms with van der Waals surface area (Å²) >= 11 is 0. The molecule has 0 rings (SSSR count). The van der Waals surface area contributed by atoms with Crippen LogP contribution in [0.4, 0.5) is 0 Å². The van der Waals surface area contributed by atoms with Crippen molar-refractivity contribution in [2.75, 3.05) is 12.8 Å². The molecule has 0 amide bonds. The molecule has 0 aliphatic heterocycles. The second kappa shape index (κ2) is 10.5. The molecule has 1 atom stereocenters. The third kappa shape index (κ3) is 9.71. The Morgan fingerprint density at radius 2 is 1.75 bits per heavy atom. The highest BCUT2D eigenvalue weighted by Crippen LogP contribution is 2.25. The van der Waals surface area contributed by atoms with Crippen LogP contribution >= 0.6 is 7.80 Å². The number of hydrogen-bond acceptors (Lipinski definition) is 0. The molecule has 1 radical (unpaired) electrons. The quantitative estimate of drug-likeness (QED) is 0.401. The Morgan fingerprint density at radius 1 is 1.38 bits per heavy atom. The van der Waals surface area contributed by atoms with E-state index in [1.165, 1.54) is 6.16 Å². The molecule has 0 nitrogen and oxygen atoms in total. The molecule has 51 valence electrons. The minimum atomic E-state index is 0. The monoisotopic (exact) mass is 133 g/mol.